The molecule has 3 aromatic rings. The number of hydrogen-bond acceptors (Lipinski definition) is 4. The van der Waals surface area contributed by atoms with Gasteiger partial charge in [0.1, 0.15) is 5.58 Å². The Morgan fingerprint density at radius 2 is 1.88 bits per heavy atom. The van der Waals surface area contributed by atoms with Crippen molar-refractivity contribution in [3.05, 3.63) is 81.8 Å². The maximum atomic E-state index is 13.6. The number of rotatable bonds is 4. The number of carbonyl (C=O) groups is 2. The van der Waals surface area contributed by atoms with E-state index in [2.05, 4.69) is 0 Å². The van der Waals surface area contributed by atoms with Gasteiger partial charge in [0.25, 0.3) is 5.91 Å². The summed E-state index contributed by atoms with van der Waals surface area (Å²) in [5, 5.41) is 12.1. The molecule has 0 spiro atoms. The molecule has 2 heterocycles. The van der Waals surface area contributed by atoms with Gasteiger partial charge in [0, 0.05) is 16.5 Å². The van der Waals surface area contributed by atoms with Crippen molar-refractivity contribution in [3.8, 4) is 0 Å². The van der Waals surface area contributed by atoms with Gasteiger partial charge in [-0.2, -0.15) is 0 Å². The van der Waals surface area contributed by atoms with Crippen molar-refractivity contribution in [2.75, 3.05) is 0 Å². The van der Waals surface area contributed by atoms with Crippen LogP contribution in [0.1, 0.15) is 59.8 Å². The molecule has 2 aliphatic rings. The average Bonchev–Trinajstić information content (AvgIpc) is 3.32. The maximum Gasteiger partial charge on any atom is 0.290 e. The summed E-state index contributed by atoms with van der Waals surface area (Å²) in [7, 11) is 0. The fourth-order valence-corrected chi connectivity index (χ4v) is 5.20. The molecule has 5 rings (SSSR count). The number of aryl methyl sites for hydroxylation is 1. The van der Waals surface area contributed by atoms with Crippen LogP contribution in [0, 0.1) is 6.92 Å². The molecule has 0 saturated heterocycles. The number of halogens is 1. The number of carbonyl (C=O) groups excluding carboxylic acids is 2. The van der Waals surface area contributed by atoms with Crippen molar-refractivity contribution in [1.82, 2.24) is 4.90 Å². The molecule has 1 amide bonds. The molecule has 1 aromatic heterocycles. The Bertz CT molecular complexity index is 1250. The van der Waals surface area contributed by atoms with Gasteiger partial charge in [-0.25, -0.2) is 0 Å². The third-order valence-corrected chi connectivity index (χ3v) is 6.75. The SMILES string of the molecule is Cc1cccc(C2C(C(=O)c3cc4cc(Cl)ccc4o3)=C(O)C(=O)N2C2CCCCC2)c1. The lowest BCUT2D eigenvalue weighted by Crippen LogP contribution is -2.41. The van der Waals surface area contributed by atoms with Gasteiger partial charge in [0.05, 0.1) is 11.6 Å². The predicted molar refractivity (Wildman–Crippen MR) is 123 cm³/mol. The first-order chi connectivity index (χ1) is 15.4. The van der Waals surface area contributed by atoms with Crippen molar-refractivity contribution in [3.63, 3.8) is 0 Å². The third-order valence-electron chi connectivity index (χ3n) is 6.52. The molecule has 0 bridgehead atoms. The molecule has 1 aliphatic heterocycles. The normalized spacial score (nSPS) is 19.9. The molecule has 164 valence electrons. The van der Waals surface area contributed by atoms with Crippen LogP contribution in [0.4, 0.5) is 0 Å². The van der Waals surface area contributed by atoms with Crippen molar-refractivity contribution < 1.29 is 19.1 Å². The topological polar surface area (TPSA) is 70.7 Å². The average molecular weight is 450 g/mol. The van der Waals surface area contributed by atoms with Gasteiger partial charge < -0.3 is 14.4 Å². The molecule has 1 unspecified atom stereocenters. The van der Waals surface area contributed by atoms with Gasteiger partial charge in [-0.15, -0.1) is 0 Å². The predicted octanol–water partition coefficient (Wildman–Crippen LogP) is 6.31. The zero-order chi connectivity index (χ0) is 22.4. The highest BCUT2D eigenvalue weighted by molar-refractivity contribution is 6.31. The van der Waals surface area contributed by atoms with Crippen LogP contribution in [0.2, 0.25) is 5.02 Å². The number of aliphatic hydroxyl groups excluding tert-OH is 1. The van der Waals surface area contributed by atoms with E-state index in [4.69, 9.17) is 16.0 Å². The van der Waals surface area contributed by atoms with E-state index in [1.165, 1.54) is 0 Å². The van der Waals surface area contributed by atoms with E-state index in [1.807, 2.05) is 31.2 Å². The number of amides is 1. The first kappa shape index (κ1) is 20.8. The molecular formula is C26H24ClNO4. The lowest BCUT2D eigenvalue weighted by molar-refractivity contribution is -0.132. The van der Waals surface area contributed by atoms with Gasteiger partial charge in [0.2, 0.25) is 5.78 Å². The highest BCUT2D eigenvalue weighted by Gasteiger charge is 2.47. The standard InChI is InChI=1S/C26H24ClNO4/c1-15-6-5-7-16(12-15)23-22(25(30)26(31)28(23)19-8-3-2-4-9-19)24(29)21-14-17-13-18(27)10-11-20(17)32-21/h5-7,10-14,19,23,30H,2-4,8-9H2,1H3. The van der Waals surface area contributed by atoms with E-state index in [-0.39, 0.29) is 17.4 Å². The summed E-state index contributed by atoms with van der Waals surface area (Å²) in [6.45, 7) is 1.97. The first-order valence-electron chi connectivity index (χ1n) is 11.0. The summed E-state index contributed by atoms with van der Waals surface area (Å²) in [5.74, 6) is -1.36. The van der Waals surface area contributed by atoms with Crippen LogP contribution >= 0.6 is 11.6 Å². The van der Waals surface area contributed by atoms with E-state index in [0.717, 1.165) is 43.2 Å². The van der Waals surface area contributed by atoms with E-state index in [0.29, 0.717) is 16.0 Å². The second-order valence-corrected chi connectivity index (χ2v) is 9.14. The largest absolute Gasteiger partial charge is 0.503 e. The number of benzene rings is 2. The van der Waals surface area contributed by atoms with Gasteiger partial charge >= 0.3 is 0 Å². The van der Waals surface area contributed by atoms with Gasteiger partial charge in [0.15, 0.2) is 11.5 Å². The quantitative estimate of drug-likeness (QED) is 0.474. The van der Waals surface area contributed by atoms with Crippen LogP contribution in [0.5, 0.6) is 0 Å². The van der Waals surface area contributed by atoms with E-state index >= 15 is 0 Å². The molecule has 1 N–H and O–H groups in total. The second kappa shape index (κ2) is 8.14. The molecule has 1 fully saturated rings. The number of fused-ring (bicyclic) bond motifs is 1. The Morgan fingerprint density at radius 1 is 1.09 bits per heavy atom. The molecule has 6 heteroatoms. The highest BCUT2D eigenvalue weighted by atomic mass is 35.5. The Hall–Kier alpha value is -3.05. The number of Topliss-reactive ketones (excluding diaryl/α,β-unsaturated/α-hetero) is 1. The summed E-state index contributed by atoms with van der Waals surface area (Å²) in [5.41, 5.74) is 2.44. The minimum atomic E-state index is -0.644. The first-order valence-corrected chi connectivity index (χ1v) is 11.4. The molecule has 32 heavy (non-hydrogen) atoms. The van der Waals surface area contributed by atoms with Gasteiger partial charge in [-0.1, -0.05) is 60.7 Å². The Kier molecular flexibility index (Phi) is 5.30. The molecule has 1 atom stereocenters. The Morgan fingerprint density at radius 3 is 2.62 bits per heavy atom. The van der Waals surface area contributed by atoms with Crippen LogP contribution in [0.3, 0.4) is 0 Å². The zero-order valence-corrected chi connectivity index (χ0v) is 18.6. The van der Waals surface area contributed by atoms with Crippen LogP contribution in [-0.2, 0) is 4.79 Å². The summed E-state index contributed by atoms with van der Waals surface area (Å²) in [4.78, 5) is 28.6. The summed E-state index contributed by atoms with van der Waals surface area (Å²) in [6, 6.07) is 13.8. The van der Waals surface area contributed by atoms with E-state index < -0.39 is 23.5 Å². The third kappa shape index (κ3) is 3.51. The lowest BCUT2D eigenvalue weighted by Gasteiger charge is -2.36. The van der Waals surface area contributed by atoms with Crippen molar-refractivity contribution >= 4 is 34.3 Å². The molecule has 2 aromatic carbocycles. The van der Waals surface area contributed by atoms with Crippen molar-refractivity contribution in [2.24, 2.45) is 0 Å². The highest BCUT2D eigenvalue weighted by Crippen LogP contribution is 2.43. The Labute approximate surface area is 191 Å². The lowest BCUT2D eigenvalue weighted by atomic mass is 9.89. The minimum absolute atomic E-state index is 0.0105. The zero-order valence-electron chi connectivity index (χ0n) is 17.8. The van der Waals surface area contributed by atoms with Gasteiger partial charge in [-0.3, -0.25) is 9.59 Å². The number of ketones is 1. The van der Waals surface area contributed by atoms with Crippen LogP contribution in [-0.4, -0.2) is 27.7 Å². The number of hydrogen-bond donors (Lipinski definition) is 1. The molecule has 5 nitrogen and oxygen atoms in total. The smallest absolute Gasteiger partial charge is 0.290 e. The molecular weight excluding hydrogens is 426 g/mol. The molecule has 1 aliphatic carbocycles. The number of nitrogens with zero attached hydrogens (tertiary/aromatic N) is 1. The summed E-state index contributed by atoms with van der Waals surface area (Å²) in [6.07, 6.45) is 4.94. The Balaban J connectivity index is 1.61. The second-order valence-electron chi connectivity index (χ2n) is 8.71. The fourth-order valence-electron chi connectivity index (χ4n) is 5.02. The van der Waals surface area contributed by atoms with E-state index in [9.17, 15) is 14.7 Å². The van der Waals surface area contributed by atoms with Crippen LogP contribution in [0.15, 0.2) is 64.3 Å². The van der Waals surface area contributed by atoms with Crippen molar-refractivity contribution in [2.45, 2.75) is 51.1 Å². The number of furan rings is 1. The minimum Gasteiger partial charge on any atom is -0.503 e. The summed E-state index contributed by atoms with van der Waals surface area (Å²) < 4.78 is 5.79. The van der Waals surface area contributed by atoms with E-state index in [1.54, 1.807) is 29.2 Å². The fraction of sp³-hybridized carbons (Fsp3) is 0.308. The maximum absolute atomic E-state index is 13.6. The molecule has 1 saturated carbocycles. The van der Waals surface area contributed by atoms with Crippen LogP contribution < -0.4 is 0 Å². The van der Waals surface area contributed by atoms with Crippen molar-refractivity contribution in [1.29, 1.82) is 0 Å². The number of aliphatic hydroxyl groups is 1. The van der Waals surface area contributed by atoms with Gasteiger partial charge in [-0.05, 0) is 49.6 Å². The van der Waals surface area contributed by atoms with Crippen LogP contribution in [0.25, 0.3) is 11.0 Å². The summed E-state index contributed by atoms with van der Waals surface area (Å²) >= 11 is 6.07. The molecule has 0 radical (unpaired) electrons. The monoisotopic (exact) mass is 449 g/mol.